The van der Waals surface area contributed by atoms with E-state index < -0.39 is 0 Å². The highest BCUT2D eigenvalue weighted by molar-refractivity contribution is 4.80. The van der Waals surface area contributed by atoms with Gasteiger partial charge in [0.25, 0.3) is 0 Å². The van der Waals surface area contributed by atoms with Crippen LogP contribution in [-0.4, -0.2) is 35.7 Å². The van der Waals surface area contributed by atoms with Crippen LogP contribution in [-0.2, 0) is 0 Å². The number of piperazine rings is 1. The van der Waals surface area contributed by atoms with Crippen LogP contribution in [0.2, 0.25) is 0 Å². The standard InChI is InChI=1S/C8H20N4/c1-3-7(2)8-6-11(9)4-5-12(8)10/h7-8H,3-6,9-10H2,1-2H3. The zero-order valence-corrected chi connectivity index (χ0v) is 8.03. The fourth-order valence-electron chi connectivity index (χ4n) is 1.63. The van der Waals surface area contributed by atoms with Crippen molar-refractivity contribution in [3.8, 4) is 0 Å². The normalized spacial score (nSPS) is 30.5. The maximum absolute atomic E-state index is 5.87. The van der Waals surface area contributed by atoms with E-state index in [1.165, 1.54) is 0 Å². The Bertz CT molecular complexity index is 135. The van der Waals surface area contributed by atoms with Gasteiger partial charge in [0.2, 0.25) is 0 Å². The molecule has 1 fully saturated rings. The van der Waals surface area contributed by atoms with E-state index in [0.29, 0.717) is 12.0 Å². The summed E-state index contributed by atoms with van der Waals surface area (Å²) in [7, 11) is 0. The Hall–Kier alpha value is -0.160. The van der Waals surface area contributed by atoms with Crippen LogP contribution in [0.4, 0.5) is 0 Å². The molecule has 1 rings (SSSR count). The Labute approximate surface area is 74.4 Å². The number of rotatable bonds is 2. The largest absolute Gasteiger partial charge is 0.269 e. The van der Waals surface area contributed by atoms with Crippen LogP contribution in [0, 0.1) is 5.92 Å². The molecule has 1 aliphatic heterocycles. The summed E-state index contributed by atoms with van der Waals surface area (Å²) in [6.07, 6.45) is 1.16. The summed E-state index contributed by atoms with van der Waals surface area (Å²) in [5, 5.41) is 3.79. The summed E-state index contributed by atoms with van der Waals surface area (Å²) in [5.74, 6) is 12.2. The van der Waals surface area contributed by atoms with Crippen LogP contribution < -0.4 is 11.7 Å². The monoisotopic (exact) mass is 172 g/mol. The van der Waals surface area contributed by atoms with Gasteiger partial charge in [-0.25, -0.2) is 10.0 Å². The zero-order chi connectivity index (χ0) is 9.14. The van der Waals surface area contributed by atoms with Crippen LogP contribution in [0.25, 0.3) is 0 Å². The molecule has 1 saturated heterocycles. The Morgan fingerprint density at radius 1 is 1.42 bits per heavy atom. The average Bonchev–Trinajstić information content (AvgIpc) is 2.08. The second-order valence-electron chi connectivity index (χ2n) is 3.69. The van der Waals surface area contributed by atoms with Crippen molar-refractivity contribution in [2.24, 2.45) is 17.6 Å². The Morgan fingerprint density at radius 3 is 2.67 bits per heavy atom. The van der Waals surface area contributed by atoms with Crippen molar-refractivity contribution in [3.63, 3.8) is 0 Å². The first-order valence-corrected chi connectivity index (χ1v) is 4.66. The van der Waals surface area contributed by atoms with E-state index in [-0.39, 0.29) is 0 Å². The molecule has 0 aromatic carbocycles. The molecule has 0 saturated carbocycles. The van der Waals surface area contributed by atoms with Crippen molar-refractivity contribution in [1.29, 1.82) is 0 Å². The van der Waals surface area contributed by atoms with Crippen molar-refractivity contribution >= 4 is 0 Å². The van der Waals surface area contributed by atoms with Crippen molar-refractivity contribution in [2.75, 3.05) is 19.6 Å². The lowest BCUT2D eigenvalue weighted by molar-refractivity contribution is 0.0445. The molecule has 0 aliphatic carbocycles. The van der Waals surface area contributed by atoms with Gasteiger partial charge in [0.15, 0.2) is 0 Å². The highest BCUT2D eigenvalue weighted by atomic mass is 15.5. The molecule has 0 spiro atoms. The first kappa shape index (κ1) is 9.92. The third-order valence-corrected chi connectivity index (χ3v) is 2.79. The summed E-state index contributed by atoms with van der Waals surface area (Å²) < 4.78 is 0. The quantitative estimate of drug-likeness (QED) is 0.565. The Balaban J connectivity index is 2.48. The van der Waals surface area contributed by atoms with Crippen molar-refractivity contribution < 1.29 is 0 Å². The minimum atomic E-state index is 0.425. The molecule has 12 heavy (non-hydrogen) atoms. The van der Waals surface area contributed by atoms with Crippen LogP contribution in [0.3, 0.4) is 0 Å². The van der Waals surface area contributed by atoms with Gasteiger partial charge in [-0.05, 0) is 5.92 Å². The molecule has 0 radical (unpaired) electrons. The number of hydrogen-bond acceptors (Lipinski definition) is 4. The van der Waals surface area contributed by atoms with Crippen molar-refractivity contribution in [1.82, 2.24) is 10.0 Å². The molecule has 0 bridgehead atoms. The third kappa shape index (κ3) is 2.17. The first-order valence-electron chi connectivity index (χ1n) is 4.66. The van der Waals surface area contributed by atoms with Crippen LogP contribution >= 0.6 is 0 Å². The highest BCUT2D eigenvalue weighted by Gasteiger charge is 2.26. The number of hydrogen-bond donors (Lipinski definition) is 2. The number of hydrazine groups is 2. The molecule has 72 valence electrons. The number of nitrogens with zero attached hydrogens (tertiary/aromatic N) is 2. The summed E-state index contributed by atoms with van der Waals surface area (Å²) in [6.45, 7) is 7.07. The van der Waals surface area contributed by atoms with E-state index >= 15 is 0 Å². The van der Waals surface area contributed by atoms with E-state index in [1.54, 1.807) is 0 Å². The van der Waals surface area contributed by atoms with Gasteiger partial charge in [-0.3, -0.25) is 11.7 Å². The molecular formula is C8H20N4. The van der Waals surface area contributed by atoms with E-state index in [9.17, 15) is 0 Å². The lowest BCUT2D eigenvalue weighted by atomic mass is 9.97. The van der Waals surface area contributed by atoms with Crippen molar-refractivity contribution in [2.45, 2.75) is 26.3 Å². The van der Waals surface area contributed by atoms with Crippen molar-refractivity contribution in [3.05, 3.63) is 0 Å². The minimum Gasteiger partial charge on any atom is -0.269 e. The van der Waals surface area contributed by atoms with Crippen LogP contribution in [0.1, 0.15) is 20.3 Å². The van der Waals surface area contributed by atoms with Gasteiger partial charge in [-0.2, -0.15) is 0 Å². The first-order chi connectivity index (χ1) is 5.65. The smallest absolute Gasteiger partial charge is 0.0408 e. The maximum Gasteiger partial charge on any atom is 0.0408 e. The second-order valence-corrected chi connectivity index (χ2v) is 3.69. The van der Waals surface area contributed by atoms with E-state index in [2.05, 4.69) is 13.8 Å². The van der Waals surface area contributed by atoms with Gasteiger partial charge >= 0.3 is 0 Å². The topological polar surface area (TPSA) is 58.5 Å². The predicted octanol–water partition coefficient (Wildman–Crippen LogP) is -0.234. The number of nitrogens with two attached hydrogens (primary N) is 2. The maximum atomic E-state index is 5.87. The molecule has 2 atom stereocenters. The summed E-state index contributed by atoms with van der Waals surface area (Å²) >= 11 is 0. The SMILES string of the molecule is CCC(C)C1CN(N)CCN1N. The van der Waals surface area contributed by atoms with Gasteiger partial charge in [0, 0.05) is 25.7 Å². The van der Waals surface area contributed by atoms with E-state index in [0.717, 1.165) is 26.1 Å². The fraction of sp³-hybridized carbons (Fsp3) is 1.00. The predicted molar refractivity (Wildman–Crippen MR) is 49.9 cm³/mol. The Morgan fingerprint density at radius 2 is 2.08 bits per heavy atom. The fourth-order valence-corrected chi connectivity index (χ4v) is 1.63. The third-order valence-electron chi connectivity index (χ3n) is 2.79. The van der Waals surface area contributed by atoms with Crippen LogP contribution in [0.15, 0.2) is 0 Å². The summed E-state index contributed by atoms with van der Waals surface area (Å²) in [5.41, 5.74) is 0. The zero-order valence-electron chi connectivity index (χ0n) is 8.03. The van der Waals surface area contributed by atoms with Gasteiger partial charge in [-0.15, -0.1) is 0 Å². The molecular weight excluding hydrogens is 152 g/mol. The van der Waals surface area contributed by atoms with Gasteiger partial charge < -0.3 is 0 Å². The van der Waals surface area contributed by atoms with Gasteiger partial charge in [0.05, 0.1) is 0 Å². The van der Waals surface area contributed by atoms with Gasteiger partial charge in [-0.1, -0.05) is 20.3 Å². The molecule has 1 heterocycles. The van der Waals surface area contributed by atoms with E-state index in [1.807, 2.05) is 10.0 Å². The summed E-state index contributed by atoms with van der Waals surface area (Å²) in [6, 6.07) is 0.425. The molecule has 0 aromatic rings. The lowest BCUT2D eigenvalue weighted by Gasteiger charge is -2.39. The molecule has 4 heteroatoms. The van der Waals surface area contributed by atoms with Gasteiger partial charge in [0.1, 0.15) is 0 Å². The molecule has 2 unspecified atom stereocenters. The van der Waals surface area contributed by atoms with Crippen LogP contribution in [0.5, 0.6) is 0 Å². The summed E-state index contributed by atoms with van der Waals surface area (Å²) in [4.78, 5) is 0. The molecule has 4 N–H and O–H groups in total. The Kier molecular flexibility index (Phi) is 3.46. The average molecular weight is 172 g/mol. The molecule has 1 aliphatic rings. The van der Waals surface area contributed by atoms with E-state index in [4.69, 9.17) is 11.7 Å². The lowest BCUT2D eigenvalue weighted by Crippen LogP contribution is -2.59. The highest BCUT2D eigenvalue weighted by Crippen LogP contribution is 2.15. The second kappa shape index (κ2) is 4.18. The molecule has 0 aromatic heterocycles. The molecule has 4 nitrogen and oxygen atoms in total. The minimum absolute atomic E-state index is 0.425. The molecule has 0 amide bonds.